The molecule has 4 aliphatic carbocycles. The molecule has 0 saturated heterocycles. The maximum atomic E-state index is 2.55. The minimum Gasteiger partial charge on any atom is -0.310 e. The van der Waals surface area contributed by atoms with Crippen molar-refractivity contribution in [3.8, 4) is 33.4 Å². The van der Waals surface area contributed by atoms with Gasteiger partial charge in [0.05, 0.1) is 5.41 Å². The SMILES string of the molecule is CC1(C)C2=C(CCC=C2)c2ccc(N(c3ccc(-c4ccc(-c5ccccc5)cc4)cc3)c3ccc4c(c3)C(c3ccccc3)(C3C=CCCC3)c3ccccc3-4)cc21. The number of hydrogen-bond acceptors (Lipinski definition) is 1. The second-order valence-electron chi connectivity index (χ2n) is 17.4. The Kier molecular flexibility index (Phi) is 8.55. The minimum atomic E-state index is -0.295. The van der Waals surface area contributed by atoms with Gasteiger partial charge in [-0.2, -0.15) is 0 Å². The third-order valence-corrected chi connectivity index (χ3v) is 13.9. The molecule has 7 aromatic carbocycles. The molecule has 0 bridgehead atoms. The fraction of sp³-hybridized carbons (Fsp3) is 0.172. The summed E-state index contributed by atoms with van der Waals surface area (Å²) in [7, 11) is 0. The van der Waals surface area contributed by atoms with Gasteiger partial charge >= 0.3 is 0 Å². The van der Waals surface area contributed by atoms with E-state index in [2.05, 4.69) is 213 Å². The third kappa shape index (κ3) is 5.66. The molecule has 59 heavy (non-hydrogen) atoms. The van der Waals surface area contributed by atoms with E-state index < -0.39 is 0 Å². The second-order valence-corrected chi connectivity index (χ2v) is 17.4. The summed E-state index contributed by atoms with van der Waals surface area (Å²) >= 11 is 0. The van der Waals surface area contributed by atoms with Crippen LogP contribution in [-0.4, -0.2) is 0 Å². The number of benzene rings is 7. The Morgan fingerprint density at radius 3 is 1.76 bits per heavy atom. The average molecular weight is 760 g/mol. The molecule has 7 aromatic rings. The van der Waals surface area contributed by atoms with Crippen LogP contribution in [0.1, 0.15) is 73.8 Å². The molecular formula is C58H49N. The number of anilines is 3. The van der Waals surface area contributed by atoms with Gasteiger partial charge in [0, 0.05) is 22.5 Å². The van der Waals surface area contributed by atoms with Gasteiger partial charge in [-0.05, 0) is 147 Å². The van der Waals surface area contributed by atoms with Crippen LogP contribution in [0.15, 0.2) is 200 Å². The quantitative estimate of drug-likeness (QED) is 0.146. The first-order valence-electron chi connectivity index (χ1n) is 21.6. The van der Waals surface area contributed by atoms with E-state index in [0.717, 1.165) is 31.4 Å². The molecule has 2 atom stereocenters. The average Bonchev–Trinajstić information content (AvgIpc) is 3.73. The van der Waals surface area contributed by atoms with Crippen molar-refractivity contribution < 1.29 is 0 Å². The molecular weight excluding hydrogens is 711 g/mol. The molecule has 0 amide bonds. The highest BCUT2D eigenvalue weighted by atomic mass is 15.1. The molecule has 0 radical (unpaired) electrons. The smallest absolute Gasteiger partial charge is 0.0526 e. The van der Waals surface area contributed by atoms with E-state index in [1.54, 1.807) is 0 Å². The first kappa shape index (κ1) is 35.7. The number of nitrogens with zero attached hydrogens (tertiary/aromatic N) is 1. The van der Waals surface area contributed by atoms with Crippen molar-refractivity contribution in [3.05, 3.63) is 228 Å². The zero-order valence-electron chi connectivity index (χ0n) is 34.0. The lowest BCUT2D eigenvalue weighted by atomic mass is 9.62. The van der Waals surface area contributed by atoms with Gasteiger partial charge in [0.2, 0.25) is 0 Å². The van der Waals surface area contributed by atoms with Crippen LogP contribution in [0.2, 0.25) is 0 Å². The normalized spacial score (nSPS) is 19.5. The Balaban J connectivity index is 1.08. The molecule has 0 saturated carbocycles. The van der Waals surface area contributed by atoms with Crippen LogP contribution in [0.4, 0.5) is 17.1 Å². The molecule has 0 spiro atoms. The second kappa shape index (κ2) is 14.1. The Bertz CT molecular complexity index is 2800. The summed E-state index contributed by atoms with van der Waals surface area (Å²) in [5, 5.41) is 0. The summed E-state index contributed by atoms with van der Waals surface area (Å²) in [6.45, 7) is 4.82. The minimum absolute atomic E-state index is 0.0611. The van der Waals surface area contributed by atoms with Crippen molar-refractivity contribution in [3.63, 3.8) is 0 Å². The van der Waals surface area contributed by atoms with Crippen LogP contribution in [0, 0.1) is 5.92 Å². The zero-order chi connectivity index (χ0) is 39.6. The van der Waals surface area contributed by atoms with Crippen molar-refractivity contribution >= 4 is 22.6 Å². The Labute approximate surface area is 349 Å². The maximum Gasteiger partial charge on any atom is 0.0526 e. The van der Waals surface area contributed by atoms with Gasteiger partial charge in [0.25, 0.3) is 0 Å². The molecule has 0 aliphatic heterocycles. The van der Waals surface area contributed by atoms with Gasteiger partial charge in [-0.15, -0.1) is 0 Å². The molecule has 0 aromatic heterocycles. The van der Waals surface area contributed by atoms with Crippen molar-refractivity contribution in [2.45, 2.75) is 56.8 Å². The summed E-state index contributed by atoms with van der Waals surface area (Å²) in [5.74, 6) is 0.351. The summed E-state index contributed by atoms with van der Waals surface area (Å²) in [5.41, 5.74) is 20.8. The highest BCUT2D eigenvalue weighted by molar-refractivity contribution is 5.90. The molecule has 4 aliphatic rings. The van der Waals surface area contributed by atoms with Gasteiger partial charge in [-0.3, -0.25) is 0 Å². The molecule has 11 rings (SSSR count). The van der Waals surface area contributed by atoms with E-state index in [1.807, 2.05) is 0 Å². The summed E-state index contributed by atoms with van der Waals surface area (Å²) < 4.78 is 0. The summed E-state index contributed by atoms with van der Waals surface area (Å²) in [4.78, 5) is 2.52. The summed E-state index contributed by atoms with van der Waals surface area (Å²) in [6.07, 6.45) is 15.5. The van der Waals surface area contributed by atoms with Crippen LogP contribution in [0.25, 0.3) is 39.0 Å². The number of rotatable bonds is 7. The highest BCUT2D eigenvalue weighted by Crippen LogP contribution is 2.59. The van der Waals surface area contributed by atoms with E-state index in [1.165, 1.54) is 90.1 Å². The first-order chi connectivity index (χ1) is 29.0. The lowest BCUT2D eigenvalue weighted by Gasteiger charge is -2.41. The number of allylic oxidation sites excluding steroid dienone is 6. The molecule has 1 heteroatoms. The Morgan fingerprint density at radius 2 is 1.07 bits per heavy atom. The predicted molar refractivity (Wildman–Crippen MR) is 249 cm³/mol. The predicted octanol–water partition coefficient (Wildman–Crippen LogP) is 15.6. The van der Waals surface area contributed by atoms with Crippen molar-refractivity contribution in [2.24, 2.45) is 5.92 Å². The van der Waals surface area contributed by atoms with Crippen LogP contribution < -0.4 is 4.90 Å². The molecule has 0 fully saturated rings. The lowest BCUT2D eigenvalue weighted by Crippen LogP contribution is -2.36. The van der Waals surface area contributed by atoms with Crippen LogP contribution in [-0.2, 0) is 10.8 Å². The maximum absolute atomic E-state index is 2.55. The lowest BCUT2D eigenvalue weighted by molar-refractivity contribution is 0.405. The summed E-state index contributed by atoms with van der Waals surface area (Å²) in [6, 6.07) is 64.0. The van der Waals surface area contributed by atoms with E-state index in [4.69, 9.17) is 0 Å². The third-order valence-electron chi connectivity index (χ3n) is 13.9. The van der Waals surface area contributed by atoms with E-state index in [-0.39, 0.29) is 10.8 Å². The van der Waals surface area contributed by atoms with Crippen molar-refractivity contribution in [1.29, 1.82) is 0 Å². The van der Waals surface area contributed by atoms with Gasteiger partial charge in [0.1, 0.15) is 0 Å². The monoisotopic (exact) mass is 759 g/mol. The fourth-order valence-corrected chi connectivity index (χ4v) is 11.1. The Hall–Kier alpha value is -6.44. The molecule has 0 heterocycles. The van der Waals surface area contributed by atoms with Gasteiger partial charge in [0.15, 0.2) is 0 Å². The van der Waals surface area contributed by atoms with Gasteiger partial charge in [-0.25, -0.2) is 0 Å². The van der Waals surface area contributed by atoms with Crippen LogP contribution >= 0.6 is 0 Å². The largest absolute Gasteiger partial charge is 0.310 e. The number of hydrogen-bond donors (Lipinski definition) is 0. The van der Waals surface area contributed by atoms with E-state index in [9.17, 15) is 0 Å². The van der Waals surface area contributed by atoms with Crippen LogP contribution in [0.5, 0.6) is 0 Å². The zero-order valence-corrected chi connectivity index (χ0v) is 34.0. The highest BCUT2D eigenvalue weighted by Gasteiger charge is 2.49. The van der Waals surface area contributed by atoms with Crippen molar-refractivity contribution in [1.82, 2.24) is 0 Å². The van der Waals surface area contributed by atoms with E-state index in [0.29, 0.717) is 5.92 Å². The molecule has 0 N–H and O–H groups in total. The fourth-order valence-electron chi connectivity index (χ4n) is 11.1. The number of fused-ring (bicyclic) bond motifs is 5. The Morgan fingerprint density at radius 1 is 0.492 bits per heavy atom. The standard InChI is InChI=1S/C58H49N/c1-57(2)53-24-14-12-22-49(53)51-36-34-47(38-55(51)57)59(46-32-30-43(31-33-46)42-28-26-41(27-29-42)40-16-6-3-7-17-40)48-35-37-52-50-23-13-15-25-54(50)58(56(52)39-48,44-18-8-4-9-19-44)45-20-10-5-11-21-45/h3-4,6-10,13-20,23-39,45H,5,11-12,21-22H2,1-2H3. The van der Waals surface area contributed by atoms with Crippen molar-refractivity contribution in [2.75, 3.05) is 4.90 Å². The molecule has 2 unspecified atom stereocenters. The van der Waals surface area contributed by atoms with E-state index >= 15 is 0 Å². The topological polar surface area (TPSA) is 3.24 Å². The van der Waals surface area contributed by atoms with Gasteiger partial charge in [-0.1, -0.05) is 172 Å². The molecule has 286 valence electrons. The molecule has 1 nitrogen and oxygen atoms in total. The van der Waals surface area contributed by atoms with Gasteiger partial charge < -0.3 is 4.90 Å². The van der Waals surface area contributed by atoms with Crippen LogP contribution in [0.3, 0.4) is 0 Å². The first-order valence-corrected chi connectivity index (χ1v) is 21.6.